The van der Waals surface area contributed by atoms with E-state index in [9.17, 15) is 4.79 Å². The van der Waals surface area contributed by atoms with E-state index in [1.54, 1.807) is 12.3 Å². The van der Waals surface area contributed by atoms with E-state index in [0.717, 1.165) is 12.1 Å². The minimum absolute atomic E-state index is 0.119. The highest BCUT2D eigenvalue weighted by molar-refractivity contribution is 5.90. The van der Waals surface area contributed by atoms with Crippen LogP contribution >= 0.6 is 0 Å². The number of nitrogens with one attached hydrogen (secondary N) is 1. The van der Waals surface area contributed by atoms with E-state index in [1.165, 1.54) is 10.2 Å². The number of hydrogen-bond acceptors (Lipinski definition) is 3. The van der Waals surface area contributed by atoms with Crippen molar-refractivity contribution in [3.05, 3.63) is 42.1 Å². The van der Waals surface area contributed by atoms with Crippen LogP contribution in [-0.4, -0.2) is 15.7 Å². The van der Waals surface area contributed by atoms with E-state index in [2.05, 4.69) is 17.3 Å². The Kier molecular flexibility index (Phi) is 3.62. The van der Waals surface area contributed by atoms with Crippen molar-refractivity contribution in [2.75, 3.05) is 11.1 Å². The molecule has 2 aromatic rings. The molecule has 0 saturated carbocycles. The summed E-state index contributed by atoms with van der Waals surface area (Å²) in [7, 11) is 0. The fraction of sp³-hybridized carbons (Fsp3) is 0.231. The number of anilines is 2. The van der Waals surface area contributed by atoms with Gasteiger partial charge >= 0.3 is 0 Å². The molecule has 94 valence electrons. The second-order valence-corrected chi connectivity index (χ2v) is 4.04. The number of carbonyl (C=O) groups is 1. The first kappa shape index (κ1) is 12.2. The van der Waals surface area contributed by atoms with Crippen LogP contribution in [0.5, 0.6) is 0 Å². The molecule has 0 atom stereocenters. The molecule has 18 heavy (non-hydrogen) atoms. The van der Waals surface area contributed by atoms with Gasteiger partial charge in [0, 0.05) is 11.9 Å². The quantitative estimate of drug-likeness (QED) is 0.859. The number of nitrogens with zero attached hydrogens (tertiary/aromatic N) is 2. The average Bonchev–Trinajstić information content (AvgIpc) is 2.74. The molecule has 1 amide bonds. The van der Waals surface area contributed by atoms with Crippen LogP contribution < -0.4 is 11.1 Å². The smallest absolute Gasteiger partial charge is 0.246 e. The molecule has 0 aliphatic heterocycles. The lowest BCUT2D eigenvalue weighted by Crippen LogP contribution is -2.19. The molecule has 5 heteroatoms. The lowest BCUT2D eigenvalue weighted by atomic mass is 10.1. The predicted octanol–water partition coefficient (Wildman–Crippen LogP) is 1.67. The van der Waals surface area contributed by atoms with E-state index in [4.69, 9.17) is 5.73 Å². The Morgan fingerprint density at radius 3 is 2.94 bits per heavy atom. The molecule has 3 N–H and O–H groups in total. The number of amides is 1. The topological polar surface area (TPSA) is 72.9 Å². The van der Waals surface area contributed by atoms with E-state index >= 15 is 0 Å². The summed E-state index contributed by atoms with van der Waals surface area (Å²) in [5.41, 5.74) is 7.48. The second-order valence-electron chi connectivity index (χ2n) is 4.04. The second kappa shape index (κ2) is 5.35. The molecule has 2 rings (SSSR count). The Morgan fingerprint density at radius 2 is 2.28 bits per heavy atom. The fourth-order valence-electron chi connectivity index (χ4n) is 1.68. The van der Waals surface area contributed by atoms with E-state index < -0.39 is 0 Å². The lowest BCUT2D eigenvalue weighted by Gasteiger charge is -2.06. The Balaban J connectivity index is 1.98. The molecule has 5 nitrogen and oxygen atoms in total. The Bertz CT molecular complexity index is 547. The summed E-state index contributed by atoms with van der Waals surface area (Å²) in [4.78, 5) is 11.8. The third-order valence-electron chi connectivity index (χ3n) is 2.59. The Labute approximate surface area is 106 Å². The minimum atomic E-state index is -0.119. The summed E-state index contributed by atoms with van der Waals surface area (Å²) in [6.07, 6.45) is 2.62. The van der Waals surface area contributed by atoms with Gasteiger partial charge < -0.3 is 11.1 Å². The van der Waals surface area contributed by atoms with Crippen molar-refractivity contribution in [1.82, 2.24) is 9.78 Å². The van der Waals surface area contributed by atoms with Crippen LogP contribution in [-0.2, 0) is 17.8 Å². The normalized spacial score (nSPS) is 10.3. The van der Waals surface area contributed by atoms with Gasteiger partial charge in [0.2, 0.25) is 5.91 Å². The van der Waals surface area contributed by atoms with E-state index in [0.29, 0.717) is 5.82 Å². The number of aromatic nitrogens is 2. The van der Waals surface area contributed by atoms with Crippen molar-refractivity contribution < 1.29 is 4.79 Å². The summed E-state index contributed by atoms with van der Waals surface area (Å²) in [5, 5.41) is 6.79. The van der Waals surface area contributed by atoms with Gasteiger partial charge in [-0.05, 0) is 30.2 Å². The molecule has 0 aliphatic carbocycles. The van der Waals surface area contributed by atoms with E-state index in [1.807, 2.05) is 24.3 Å². The average molecular weight is 244 g/mol. The molecule has 1 aromatic heterocycles. The first-order valence-corrected chi connectivity index (χ1v) is 5.85. The van der Waals surface area contributed by atoms with Gasteiger partial charge in [0.15, 0.2) is 0 Å². The van der Waals surface area contributed by atoms with Crippen molar-refractivity contribution in [2.24, 2.45) is 0 Å². The predicted molar refractivity (Wildman–Crippen MR) is 71.1 cm³/mol. The van der Waals surface area contributed by atoms with Crippen molar-refractivity contribution in [3.8, 4) is 0 Å². The standard InChI is InChI=1S/C13H16N4O/c1-2-10-4-3-5-11(8-10)15-13(18)9-17-7-6-12(14)16-17/h3-8H,2,9H2,1H3,(H2,14,16)(H,15,18). The summed E-state index contributed by atoms with van der Waals surface area (Å²) in [5.74, 6) is 0.294. The maximum atomic E-state index is 11.8. The van der Waals surface area contributed by atoms with Gasteiger partial charge in [0.25, 0.3) is 0 Å². The fourth-order valence-corrected chi connectivity index (χ4v) is 1.68. The third-order valence-corrected chi connectivity index (χ3v) is 2.59. The minimum Gasteiger partial charge on any atom is -0.382 e. The summed E-state index contributed by atoms with van der Waals surface area (Å²) >= 11 is 0. The maximum Gasteiger partial charge on any atom is 0.246 e. The summed E-state index contributed by atoms with van der Waals surface area (Å²) in [6, 6.07) is 9.46. The summed E-state index contributed by atoms with van der Waals surface area (Å²) < 4.78 is 1.51. The van der Waals surface area contributed by atoms with E-state index in [-0.39, 0.29) is 12.5 Å². The van der Waals surface area contributed by atoms with Gasteiger partial charge in [-0.2, -0.15) is 5.10 Å². The lowest BCUT2D eigenvalue weighted by molar-refractivity contribution is -0.116. The van der Waals surface area contributed by atoms with Crippen LogP contribution in [0.15, 0.2) is 36.5 Å². The molecule has 0 spiro atoms. The first-order chi connectivity index (χ1) is 8.67. The zero-order valence-corrected chi connectivity index (χ0v) is 10.3. The molecule has 0 saturated heterocycles. The van der Waals surface area contributed by atoms with Gasteiger partial charge in [0.05, 0.1) is 0 Å². The molecular weight excluding hydrogens is 228 g/mol. The number of nitrogens with two attached hydrogens (primary N) is 1. The van der Waals surface area contributed by atoms with Gasteiger partial charge in [-0.1, -0.05) is 19.1 Å². The van der Waals surface area contributed by atoms with Gasteiger partial charge in [-0.15, -0.1) is 0 Å². The molecule has 0 unspecified atom stereocenters. The monoisotopic (exact) mass is 244 g/mol. The summed E-state index contributed by atoms with van der Waals surface area (Å²) in [6.45, 7) is 2.24. The largest absolute Gasteiger partial charge is 0.382 e. The van der Waals surface area contributed by atoms with Crippen LogP contribution in [0.4, 0.5) is 11.5 Å². The number of rotatable bonds is 4. The Morgan fingerprint density at radius 1 is 1.44 bits per heavy atom. The molecule has 0 aliphatic rings. The van der Waals surface area contributed by atoms with Crippen LogP contribution in [0.2, 0.25) is 0 Å². The Hall–Kier alpha value is -2.30. The highest BCUT2D eigenvalue weighted by Crippen LogP contribution is 2.11. The van der Waals surface area contributed by atoms with Crippen molar-refractivity contribution in [2.45, 2.75) is 19.9 Å². The zero-order valence-electron chi connectivity index (χ0n) is 10.3. The third kappa shape index (κ3) is 3.10. The molecule has 0 bridgehead atoms. The maximum absolute atomic E-state index is 11.8. The SMILES string of the molecule is CCc1cccc(NC(=O)Cn2ccc(N)n2)c1. The van der Waals surface area contributed by atoms with Crippen LogP contribution in [0.3, 0.4) is 0 Å². The van der Waals surface area contributed by atoms with Gasteiger partial charge in [0.1, 0.15) is 12.4 Å². The van der Waals surface area contributed by atoms with Crippen LogP contribution in [0.1, 0.15) is 12.5 Å². The molecule has 1 heterocycles. The number of nitrogen functional groups attached to an aromatic ring is 1. The van der Waals surface area contributed by atoms with Gasteiger partial charge in [-0.3, -0.25) is 9.48 Å². The van der Waals surface area contributed by atoms with Crippen LogP contribution in [0.25, 0.3) is 0 Å². The highest BCUT2D eigenvalue weighted by Gasteiger charge is 2.04. The van der Waals surface area contributed by atoms with Crippen molar-refractivity contribution >= 4 is 17.4 Å². The van der Waals surface area contributed by atoms with Gasteiger partial charge in [-0.25, -0.2) is 0 Å². The number of aryl methyl sites for hydroxylation is 1. The number of carbonyl (C=O) groups excluding carboxylic acids is 1. The zero-order chi connectivity index (χ0) is 13.0. The molecule has 0 fully saturated rings. The highest BCUT2D eigenvalue weighted by atomic mass is 16.2. The number of benzene rings is 1. The molecular formula is C13H16N4O. The first-order valence-electron chi connectivity index (χ1n) is 5.85. The number of hydrogen-bond donors (Lipinski definition) is 2. The molecule has 0 radical (unpaired) electrons. The van der Waals surface area contributed by atoms with Crippen LogP contribution in [0, 0.1) is 0 Å². The van der Waals surface area contributed by atoms with Crippen molar-refractivity contribution in [3.63, 3.8) is 0 Å². The van der Waals surface area contributed by atoms with Crippen molar-refractivity contribution in [1.29, 1.82) is 0 Å². The molecule has 1 aromatic carbocycles.